The van der Waals surface area contributed by atoms with Gasteiger partial charge in [-0.05, 0) is 91.1 Å². The fourth-order valence-corrected chi connectivity index (χ4v) is 4.06. The average molecular weight is 383 g/mol. The van der Waals surface area contributed by atoms with Crippen molar-refractivity contribution in [2.75, 3.05) is 0 Å². The molecule has 0 unspecified atom stereocenters. The lowest BCUT2D eigenvalue weighted by Gasteiger charge is -2.18. The van der Waals surface area contributed by atoms with Crippen LogP contribution in [0.2, 0.25) is 0 Å². The zero-order valence-corrected chi connectivity index (χ0v) is 17.2. The fourth-order valence-electron chi connectivity index (χ4n) is 4.06. The zero-order valence-electron chi connectivity index (χ0n) is 17.2. The molecule has 0 fully saturated rings. The number of carboxylic acid groups (broad SMARTS) is 1. The van der Waals surface area contributed by atoms with Gasteiger partial charge < -0.3 is 9.67 Å². The number of carboxylic acids is 1. The molecule has 3 aromatic carbocycles. The van der Waals surface area contributed by atoms with E-state index in [4.69, 9.17) is 5.11 Å². The maximum Gasteiger partial charge on any atom is 0.335 e. The molecule has 4 rings (SSSR count). The minimum absolute atomic E-state index is 0.267. The van der Waals surface area contributed by atoms with Crippen LogP contribution in [0.15, 0.2) is 66.7 Å². The molecule has 146 valence electrons. The lowest BCUT2D eigenvalue weighted by atomic mass is 9.98. The van der Waals surface area contributed by atoms with Crippen LogP contribution in [-0.4, -0.2) is 15.6 Å². The molecule has 0 radical (unpaired) electrons. The summed E-state index contributed by atoms with van der Waals surface area (Å²) < 4.78 is 2.32. The number of benzene rings is 3. The van der Waals surface area contributed by atoms with E-state index < -0.39 is 5.97 Å². The van der Waals surface area contributed by atoms with Crippen LogP contribution in [0.1, 0.15) is 41.4 Å². The van der Waals surface area contributed by atoms with Crippen molar-refractivity contribution in [3.05, 3.63) is 83.4 Å². The van der Waals surface area contributed by atoms with Crippen LogP contribution in [0.4, 0.5) is 0 Å². The molecule has 0 saturated carbocycles. The molecule has 0 amide bonds. The first-order valence-corrected chi connectivity index (χ1v) is 9.92. The summed E-state index contributed by atoms with van der Waals surface area (Å²) in [6.45, 7) is 8.66. The van der Waals surface area contributed by atoms with Crippen LogP contribution in [0.25, 0.3) is 33.3 Å². The number of nitrogens with zero attached hydrogens (tertiary/aromatic N) is 1. The second-order valence-electron chi connectivity index (χ2n) is 7.91. The monoisotopic (exact) mass is 383 g/mol. The Balaban J connectivity index is 1.86. The van der Waals surface area contributed by atoms with Crippen molar-refractivity contribution in [1.82, 2.24) is 4.57 Å². The van der Waals surface area contributed by atoms with E-state index in [0.717, 1.165) is 11.3 Å². The number of carbonyl (C=O) groups is 1. The number of hydrogen-bond donors (Lipinski definition) is 1. The Morgan fingerprint density at radius 3 is 1.90 bits per heavy atom. The van der Waals surface area contributed by atoms with Crippen molar-refractivity contribution in [2.45, 2.75) is 33.7 Å². The number of aromatic nitrogens is 1. The molecule has 0 bridgehead atoms. The summed E-state index contributed by atoms with van der Waals surface area (Å²) in [5.74, 6) is -0.904. The molecule has 1 heterocycles. The van der Waals surface area contributed by atoms with Gasteiger partial charge in [0.15, 0.2) is 0 Å². The highest BCUT2D eigenvalue weighted by Crippen LogP contribution is 2.34. The Morgan fingerprint density at radius 1 is 0.759 bits per heavy atom. The molecule has 29 heavy (non-hydrogen) atoms. The first kappa shape index (κ1) is 19.0. The third-order valence-electron chi connectivity index (χ3n) is 5.61. The molecule has 0 saturated heterocycles. The van der Waals surface area contributed by atoms with Gasteiger partial charge in [-0.1, -0.05) is 36.4 Å². The minimum Gasteiger partial charge on any atom is -0.478 e. The third kappa shape index (κ3) is 3.33. The number of rotatable bonds is 4. The standard InChI is InChI=1S/C26H25NO2/c1-16(2)27-24(19-7-9-20(10-8-19)26(28)29)13-14-25(27)21-11-12-22-17(3)5-6-18(4)23(22)15-21/h5-16H,1-4H3,(H,28,29). The third-order valence-corrected chi connectivity index (χ3v) is 5.61. The van der Waals surface area contributed by atoms with Gasteiger partial charge in [-0.25, -0.2) is 4.79 Å². The predicted octanol–water partition coefficient (Wildman–Crippen LogP) is 6.87. The summed E-state index contributed by atoms with van der Waals surface area (Å²) in [5, 5.41) is 11.7. The van der Waals surface area contributed by atoms with Crippen LogP contribution in [0.3, 0.4) is 0 Å². The van der Waals surface area contributed by atoms with Crippen LogP contribution >= 0.6 is 0 Å². The summed E-state index contributed by atoms with van der Waals surface area (Å²) in [7, 11) is 0. The molecule has 0 atom stereocenters. The molecule has 3 heteroatoms. The van der Waals surface area contributed by atoms with E-state index in [0.29, 0.717) is 5.56 Å². The summed E-state index contributed by atoms with van der Waals surface area (Å²) in [6, 6.07) is 22.7. The summed E-state index contributed by atoms with van der Waals surface area (Å²) in [5.41, 5.74) is 7.33. The summed E-state index contributed by atoms with van der Waals surface area (Å²) in [6.07, 6.45) is 0. The van der Waals surface area contributed by atoms with Gasteiger partial charge >= 0.3 is 5.97 Å². The van der Waals surface area contributed by atoms with Crippen LogP contribution in [0, 0.1) is 13.8 Å². The van der Waals surface area contributed by atoms with Crippen molar-refractivity contribution in [3.63, 3.8) is 0 Å². The number of aromatic carboxylic acids is 1. The SMILES string of the molecule is Cc1ccc(C)c2cc(-c3ccc(-c4ccc(C(=O)O)cc4)n3C(C)C)ccc12. The van der Waals surface area contributed by atoms with E-state index in [1.165, 1.54) is 33.2 Å². The van der Waals surface area contributed by atoms with Crippen LogP contribution < -0.4 is 0 Å². The average Bonchev–Trinajstić information content (AvgIpc) is 3.16. The highest BCUT2D eigenvalue weighted by atomic mass is 16.4. The Kier molecular flexibility index (Phi) is 4.75. The van der Waals surface area contributed by atoms with Gasteiger partial charge in [0.2, 0.25) is 0 Å². The molecule has 3 nitrogen and oxygen atoms in total. The first-order valence-electron chi connectivity index (χ1n) is 9.92. The Bertz CT molecular complexity index is 1210. The zero-order chi connectivity index (χ0) is 20.7. The maximum absolute atomic E-state index is 11.2. The van der Waals surface area contributed by atoms with E-state index in [1.54, 1.807) is 12.1 Å². The lowest BCUT2D eigenvalue weighted by molar-refractivity contribution is 0.0697. The number of aryl methyl sites for hydroxylation is 2. The van der Waals surface area contributed by atoms with Crippen LogP contribution in [-0.2, 0) is 0 Å². The van der Waals surface area contributed by atoms with E-state index in [1.807, 2.05) is 12.1 Å². The van der Waals surface area contributed by atoms with Gasteiger partial charge in [0.25, 0.3) is 0 Å². The lowest BCUT2D eigenvalue weighted by Crippen LogP contribution is -2.05. The van der Waals surface area contributed by atoms with Crippen molar-refractivity contribution in [2.24, 2.45) is 0 Å². The van der Waals surface area contributed by atoms with Gasteiger partial charge in [-0.3, -0.25) is 0 Å². The van der Waals surface area contributed by atoms with Gasteiger partial charge in [-0.2, -0.15) is 0 Å². The number of fused-ring (bicyclic) bond motifs is 1. The van der Waals surface area contributed by atoms with E-state index in [2.05, 4.69) is 74.7 Å². The van der Waals surface area contributed by atoms with Crippen molar-refractivity contribution < 1.29 is 9.90 Å². The molecule has 1 aromatic heterocycles. The second kappa shape index (κ2) is 7.25. The highest BCUT2D eigenvalue weighted by Gasteiger charge is 2.15. The van der Waals surface area contributed by atoms with Crippen molar-refractivity contribution >= 4 is 16.7 Å². The van der Waals surface area contributed by atoms with E-state index in [-0.39, 0.29) is 6.04 Å². The molecular weight excluding hydrogens is 358 g/mol. The van der Waals surface area contributed by atoms with Gasteiger partial charge in [0.05, 0.1) is 5.56 Å². The van der Waals surface area contributed by atoms with Gasteiger partial charge in [-0.15, -0.1) is 0 Å². The molecule has 4 aromatic rings. The van der Waals surface area contributed by atoms with Crippen molar-refractivity contribution in [3.8, 4) is 22.5 Å². The van der Waals surface area contributed by atoms with E-state index >= 15 is 0 Å². The van der Waals surface area contributed by atoms with E-state index in [9.17, 15) is 4.79 Å². The molecule has 0 aliphatic rings. The molecule has 1 N–H and O–H groups in total. The van der Waals surface area contributed by atoms with Crippen LogP contribution in [0.5, 0.6) is 0 Å². The largest absolute Gasteiger partial charge is 0.478 e. The maximum atomic E-state index is 11.2. The molecular formula is C26H25NO2. The van der Waals surface area contributed by atoms with Gasteiger partial charge in [0.1, 0.15) is 0 Å². The topological polar surface area (TPSA) is 42.2 Å². The molecule has 0 aliphatic carbocycles. The minimum atomic E-state index is -0.904. The Morgan fingerprint density at radius 2 is 1.31 bits per heavy atom. The Labute approximate surface area is 171 Å². The van der Waals surface area contributed by atoms with Gasteiger partial charge in [0, 0.05) is 17.4 Å². The highest BCUT2D eigenvalue weighted by molar-refractivity contribution is 5.92. The Hall–Kier alpha value is -3.33. The molecule has 0 spiro atoms. The number of hydrogen-bond acceptors (Lipinski definition) is 1. The summed E-state index contributed by atoms with van der Waals surface area (Å²) in [4.78, 5) is 11.2. The second-order valence-corrected chi connectivity index (χ2v) is 7.91. The molecule has 0 aliphatic heterocycles. The summed E-state index contributed by atoms with van der Waals surface area (Å²) >= 11 is 0. The quantitative estimate of drug-likeness (QED) is 0.418. The fraction of sp³-hybridized carbons (Fsp3) is 0.192. The predicted molar refractivity (Wildman–Crippen MR) is 120 cm³/mol. The smallest absolute Gasteiger partial charge is 0.335 e. The first-order chi connectivity index (χ1) is 13.9. The normalized spacial score (nSPS) is 11.3. The van der Waals surface area contributed by atoms with Crippen molar-refractivity contribution in [1.29, 1.82) is 0 Å².